The number of hydrogen-bond acceptors (Lipinski definition) is 5. The molecule has 0 aromatic rings. The maximum absolute atomic E-state index is 11.8. The van der Waals surface area contributed by atoms with E-state index in [1.807, 2.05) is 6.92 Å². The number of nitro groups is 1. The van der Waals surface area contributed by atoms with Crippen LogP contribution in [0.25, 0.3) is 0 Å². The minimum Gasteiger partial charge on any atom is -0.343 e. The topological polar surface area (TPSA) is 105 Å². The first-order valence-electron chi connectivity index (χ1n) is 8.32. The summed E-state index contributed by atoms with van der Waals surface area (Å²) in [6.07, 6.45) is 2.35. The van der Waals surface area contributed by atoms with Crippen molar-refractivity contribution in [3.05, 3.63) is 10.1 Å². The second-order valence-electron chi connectivity index (χ2n) is 7.27. The highest BCUT2D eigenvalue weighted by Crippen LogP contribution is 2.40. The van der Waals surface area contributed by atoms with Crippen molar-refractivity contribution in [1.82, 2.24) is 15.5 Å². The quantitative estimate of drug-likeness (QED) is 0.409. The van der Waals surface area contributed by atoms with Crippen molar-refractivity contribution in [1.29, 1.82) is 0 Å². The van der Waals surface area contributed by atoms with E-state index in [0.717, 1.165) is 25.9 Å². The van der Waals surface area contributed by atoms with E-state index < -0.39 is 17.9 Å². The summed E-state index contributed by atoms with van der Waals surface area (Å²) in [5.74, 6) is -1.11. The number of carbonyl (C=O) groups excluding carboxylic acids is 2. The molecule has 6 atom stereocenters. The van der Waals surface area contributed by atoms with Crippen LogP contribution in [0.15, 0.2) is 0 Å². The lowest BCUT2D eigenvalue weighted by molar-refractivity contribution is -0.538. The summed E-state index contributed by atoms with van der Waals surface area (Å²) in [5.41, 5.74) is 0. The van der Waals surface area contributed by atoms with Crippen LogP contribution >= 0.6 is 0 Å². The Labute approximate surface area is 135 Å². The number of likely N-dealkylation sites (tertiary alicyclic amines) is 1. The second-order valence-corrected chi connectivity index (χ2v) is 7.27. The normalized spacial score (nSPS) is 41.7. The predicted molar refractivity (Wildman–Crippen MR) is 82.1 cm³/mol. The van der Waals surface area contributed by atoms with Crippen LogP contribution in [0.3, 0.4) is 0 Å². The molecule has 6 unspecified atom stereocenters. The molecule has 2 saturated heterocycles. The van der Waals surface area contributed by atoms with E-state index in [1.54, 1.807) is 0 Å². The molecule has 0 aromatic carbocycles. The standard InChI is InChI=1S/C15H24N4O4/c1-8-11(19(22)23)6-10-13(17-15(21)14(20)16-10)12(8)9-4-3-5-18(2)7-9/h8-13H,3-7H2,1-2H3,(H,16,20)(H,17,21). The van der Waals surface area contributed by atoms with Gasteiger partial charge in [0.1, 0.15) is 0 Å². The maximum atomic E-state index is 11.8. The average molecular weight is 324 g/mol. The molecule has 8 nitrogen and oxygen atoms in total. The third-order valence-electron chi connectivity index (χ3n) is 5.85. The fourth-order valence-electron chi connectivity index (χ4n) is 4.79. The van der Waals surface area contributed by atoms with Gasteiger partial charge < -0.3 is 15.5 Å². The number of fused-ring (bicyclic) bond motifs is 1. The Kier molecular flexibility index (Phi) is 4.27. The molecule has 1 saturated carbocycles. The minimum absolute atomic E-state index is 0.0106. The molecule has 2 amide bonds. The summed E-state index contributed by atoms with van der Waals surface area (Å²) in [6.45, 7) is 3.84. The van der Waals surface area contributed by atoms with Gasteiger partial charge in [0.25, 0.3) is 0 Å². The van der Waals surface area contributed by atoms with Gasteiger partial charge in [-0.3, -0.25) is 19.7 Å². The van der Waals surface area contributed by atoms with Crippen LogP contribution in [0, 0.1) is 27.9 Å². The van der Waals surface area contributed by atoms with Crippen molar-refractivity contribution in [3.63, 3.8) is 0 Å². The van der Waals surface area contributed by atoms with E-state index in [-0.39, 0.29) is 35.3 Å². The van der Waals surface area contributed by atoms with Crippen molar-refractivity contribution in [2.45, 2.75) is 44.3 Å². The van der Waals surface area contributed by atoms with Gasteiger partial charge in [-0.25, -0.2) is 0 Å². The van der Waals surface area contributed by atoms with E-state index in [0.29, 0.717) is 5.92 Å². The second kappa shape index (κ2) is 6.07. The SMILES string of the molecule is CC1C(C2CCCN(C)C2)C2NC(=O)C(=O)NC2CC1[N+](=O)[O-]. The number of piperazine rings is 1. The number of carbonyl (C=O) groups is 2. The molecule has 23 heavy (non-hydrogen) atoms. The molecular weight excluding hydrogens is 300 g/mol. The van der Waals surface area contributed by atoms with Crippen molar-refractivity contribution >= 4 is 11.8 Å². The van der Waals surface area contributed by atoms with E-state index in [2.05, 4.69) is 22.6 Å². The van der Waals surface area contributed by atoms with Crippen molar-refractivity contribution in [2.75, 3.05) is 20.1 Å². The molecule has 8 heteroatoms. The Morgan fingerprint density at radius 1 is 1.26 bits per heavy atom. The number of piperidine rings is 1. The van der Waals surface area contributed by atoms with Gasteiger partial charge in [-0.2, -0.15) is 0 Å². The van der Waals surface area contributed by atoms with Gasteiger partial charge in [0.05, 0.1) is 12.1 Å². The van der Waals surface area contributed by atoms with E-state index in [1.165, 1.54) is 0 Å². The summed E-state index contributed by atoms with van der Waals surface area (Å²) >= 11 is 0. The number of nitrogens with one attached hydrogen (secondary N) is 2. The Morgan fingerprint density at radius 3 is 2.61 bits per heavy atom. The van der Waals surface area contributed by atoms with Crippen LogP contribution < -0.4 is 10.6 Å². The van der Waals surface area contributed by atoms with Gasteiger partial charge in [0.15, 0.2) is 0 Å². The lowest BCUT2D eigenvalue weighted by Gasteiger charge is -2.49. The molecule has 128 valence electrons. The van der Waals surface area contributed by atoms with Crippen LogP contribution in [0.5, 0.6) is 0 Å². The third kappa shape index (κ3) is 2.91. The number of hydrogen-bond donors (Lipinski definition) is 2. The van der Waals surface area contributed by atoms with Crippen LogP contribution in [0.4, 0.5) is 0 Å². The molecule has 0 aromatic heterocycles. The zero-order valence-corrected chi connectivity index (χ0v) is 13.5. The van der Waals surface area contributed by atoms with Crippen LogP contribution in [-0.4, -0.2) is 59.9 Å². The molecule has 1 aliphatic carbocycles. The summed E-state index contributed by atoms with van der Waals surface area (Å²) < 4.78 is 0. The first-order chi connectivity index (χ1) is 10.9. The molecule has 3 aliphatic rings. The Balaban J connectivity index is 1.89. The molecule has 0 bridgehead atoms. The zero-order valence-electron chi connectivity index (χ0n) is 13.5. The molecule has 3 fully saturated rings. The first kappa shape index (κ1) is 16.2. The first-order valence-corrected chi connectivity index (χ1v) is 8.32. The van der Waals surface area contributed by atoms with E-state index in [9.17, 15) is 19.7 Å². The largest absolute Gasteiger partial charge is 0.343 e. The lowest BCUT2D eigenvalue weighted by atomic mass is 9.64. The number of nitrogens with zero attached hydrogens (tertiary/aromatic N) is 2. The van der Waals surface area contributed by atoms with Crippen molar-refractivity contribution < 1.29 is 14.5 Å². The van der Waals surface area contributed by atoms with Gasteiger partial charge in [-0.05, 0) is 38.3 Å². The summed E-state index contributed by atoms with van der Waals surface area (Å²) in [6, 6.07) is -1.23. The maximum Gasteiger partial charge on any atom is 0.309 e. The minimum atomic E-state index is -0.678. The van der Waals surface area contributed by atoms with Crippen LogP contribution in [0.2, 0.25) is 0 Å². The van der Waals surface area contributed by atoms with Gasteiger partial charge in [0, 0.05) is 23.8 Å². The highest BCUT2D eigenvalue weighted by molar-refractivity contribution is 6.35. The summed E-state index contributed by atoms with van der Waals surface area (Å²) in [7, 11) is 2.06. The molecular formula is C15H24N4O4. The van der Waals surface area contributed by atoms with E-state index in [4.69, 9.17) is 0 Å². The predicted octanol–water partition coefficient (Wildman–Crippen LogP) is -0.387. The summed E-state index contributed by atoms with van der Waals surface area (Å²) in [4.78, 5) is 36.9. The van der Waals surface area contributed by atoms with Crippen LogP contribution in [0.1, 0.15) is 26.2 Å². The van der Waals surface area contributed by atoms with Crippen molar-refractivity contribution in [3.8, 4) is 0 Å². The summed E-state index contributed by atoms with van der Waals surface area (Å²) in [5, 5.41) is 17.0. The molecule has 2 aliphatic heterocycles. The van der Waals surface area contributed by atoms with Crippen molar-refractivity contribution in [2.24, 2.45) is 17.8 Å². The highest BCUT2D eigenvalue weighted by atomic mass is 16.6. The van der Waals surface area contributed by atoms with Gasteiger partial charge in [0.2, 0.25) is 6.04 Å². The van der Waals surface area contributed by atoms with E-state index >= 15 is 0 Å². The number of amides is 2. The Bertz CT molecular complexity index is 526. The zero-order chi connectivity index (χ0) is 16.7. The van der Waals surface area contributed by atoms with Gasteiger partial charge in [-0.15, -0.1) is 0 Å². The Morgan fingerprint density at radius 2 is 1.96 bits per heavy atom. The average Bonchev–Trinajstić information content (AvgIpc) is 2.48. The highest BCUT2D eigenvalue weighted by Gasteiger charge is 2.53. The fraction of sp³-hybridized carbons (Fsp3) is 0.867. The third-order valence-corrected chi connectivity index (χ3v) is 5.85. The molecule has 0 radical (unpaired) electrons. The monoisotopic (exact) mass is 324 g/mol. The smallest absolute Gasteiger partial charge is 0.309 e. The van der Waals surface area contributed by atoms with Gasteiger partial charge in [-0.1, -0.05) is 6.92 Å². The molecule has 2 N–H and O–H groups in total. The molecule has 3 rings (SSSR count). The molecule has 0 spiro atoms. The Hall–Kier alpha value is -1.70. The van der Waals surface area contributed by atoms with Crippen LogP contribution in [-0.2, 0) is 9.59 Å². The lowest BCUT2D eigenvalue weighted by Crippen LogP contribution is -2.70. The molecule has 2 heterocycles. The number of rotatable bonds is 2. The fourth-order valence-corrected chi connectivity index (χ4v) is 4.79. The van der Waals surface area contributed by atoms with Gasteiger partial charge >= 0.3 is 11.8 Å².